The molecule has 2 rings (SSSR count). The van der Waals surface area contributed by atoms with E-state index in [-0.39, 0.29) is 5.91 Å². The molecular formula is C15H14BrNO. The molecule has 0 saturated carbocycles. The molecule has 0 aliphatic rings. The monoisotopic (exact) mass is 303 g/mol. The number of amides is 1. The molecule has 0 heterocycles. The lowest BCUT2D eigenvalue weighted by atomic mass is 10.1. The van der Waals surface area contributed by atoms with Crippen LogP contribution in [0, 0.1) is 0 Å². The third kappa shape index (κ3) is 3.44. The Balaban J connectivity index is 2.07. The van der Waals surface area contributed by atoms with Crippen molar-refractivity contribution in [2.75, 3.05) is 6.54 Å². The molecule has 0 radical (unpaired) electrons. The van der Waals surface area contributed by atoms with Crippen molar-refractivity contribution in [2.24, 2.45) is 0 Å². The molecule has 2 aromatic rings. The van der Waals surface area contributed by atoms with Crippen molar-refractivity contribution >= 4 is 32.6 Å². The van der Waals surface area contributed by atoms with Crippen LogP contribution in [0.5, 0.6) is 0 Å². The van der Waals surface area contributed by atoms with Crippen LogP contribution in [0.3, 0.4) is 0 Å². The highest BCUT2D eigenvalue weighted by atomic mass is 79.9. The molecule has 3 heteroatoms. The average Bonchev–Trinajstić information content (AvgIpc) is 2.36. The van der Waals surface area contributed by atoms with Gasteiger partial charge in [-0.15, -0.1) is 0 Å². The van der Waals surface area contributed by atoms with E-state index in [2.05, 4.69) is 46.0 Å². The second-order valence-electron chi connectivity index (χ2n) is 4.15. The van der Waals surface area contributed by atoms with Gasteiger partial charge in [0.2, 0.25) is 5.91 Å². The van der Waals surface area contributed by atoms with Gasteiger partial charge in [-0.05, 0) is 16.3 Å². The lowest BCUT2D eigenvalue weighted by Gasteiger charge is -2.05. The summed E-state index contributed by atoms with van der Waals surface area (Å²) >= 11 is 3.21. The lowest BCUT2D eigenvalue weighted by molar-refractivity contribution is -0.120. The number of halogens is 1. The molecule has 0 spiro atoms. The highest BCUT2D eigenvalue weighted by Crippen LogP contribution is 2.15. The summed E-state index contributed by atoms with van der Waals surface area (Å²) in [7, 11) is 0. The fourth-order valence-electron chi connectivity index (χ4n) is 1.79. The van der Waals surface area contributed by atoms with Crippen molar-refractivity contribution in [2.45, 2.75) is 6.42 Å². The number of carbonyl (C=O) groups excluding carboxylic acids is 1. The molecular weight excluding hydrogens is 290 g/mol. The summed E-state index contributed by atoms with van der Waals surface area (Å²) in [5.41, 5.74) is 1.02. The van der Waals surface area contributed by atoms with Crippen molar-refractivity contribution in [3.05, 3.63) is 59.1 Å². The van der Waals surface area contributed by atoms with Gasteiger partial charge in [0, 0.05) is 11.0 Å². The Hall–Kier alpha value is -1.61. The minimum atomic E-state index is 0.00545. The van der Waals surface area contributed by atoms with Gasteiger partial charge in [0.25, 0.3) is 0 Å². The van der Waals surface area contributed by atoms with Crippen LogP contribution in [-0.2, 0) is 11.2 Å². The number of rotatable bonds is 4. The summed E-state index contributed by atoms with van der Waals surface area (Å²) in [6.07, 6.45) is 0.394. The standard InChI is InChI=1S/C15H14BrNO/c1-11(16)10-17-15(18)9-12-6-7-13-4-2-3-5-14(13)8-12/h2-8H,1,9-10H2,(H,17,18). The van der Waals surface area contributed by atoms with E-state index in [0.717, 1.165) is 15.4 Å². The maximum absolute atomic E-state index is 11.7. The zero-order valence-electron chi connectivity index (χ0n) is 9.95. The molecule has 0 saturated heterocycles. The first-order chi connectivity index (χ1) is 8.65. The van der Waals surface area contributed by atoms with Gasteiger partial charge in [-0.25, -0.2) is 0 Å². The summed E-state index contributed by atoms with van der Waals surface area (Å²) in [4.78, 5) is 11.7. The van der Waals surface area contributed by atoms with Gasteiger partial charge in [0.1, 0.15) is 0 Å². The zero-order chi connectivity index (χ0) is 13.0. The number of hydrogen-bond acceptors (Lipinski definition) is 1. The van der Waals surface area contributed by atoms with Crippen LogP contribution in [0.1, 0.15) is 5.56 Å². The van der Waals surface area contributed by atoms with Crippen molar-refractivity contribution in [3.63, 3.8) is 0 Å². The van der Waals surface area contributed by atoms with E-state index < -0.39 is 0 Å². The third-order valence-corrected chi connectivity index (χ3v) is 2.94. The number of nitrogens with one attached hydrogen (secondary N) is 1. The first-order valence-corrected chi connectivity index (χ1v) is 6.52. The topological polar surface area (TPSA) is 29.1 Å². The Morgan fingerprint density at radius 3 is 2.61 bits per heavy atom. The Morgan fingerprint density at radius 2 is 1.89 bits per heavy atom. The summed E-state index contributed by atoms with van der Waals surface area (Å²) in [6.45, 7) is 4.14. The predicted octanol–water partition coefficient (Wildman–Crippen LogP) is 3.41. The first-order valence-electron chi connectivity index (χ1n) is 5.73. The Labute approximate surface area is 115 Å². The van der Waals surface area contributed by atoms with Crippen LogP contribution < -0.4 is 5.32 Å². The second kappa shape index (κ2) is 5.83. The molecule has 0 aliphatic carbocycles. The number of fused-ring (bicyclic) bond motifs is 1. The summed E-state index contributed by atoms with van der Waals surface area (Å²) in [6, 6.07) is 14.2. The minimum absolute atomic E-state index is 0.00545. The second-order valence-corrected chi connectivity index (χ2v) is 5.27. The minimum Gasteiger partial charge on any atom is -0.351 e. The average molecular weight is 304 g/mol. The van der Waals surface area contributed by atoms with E-state index in [1.165, 1.54) is 5.39 Å². The highest BCUT2D eigenvalue weighted by Gasteiger charge is 2.03. The molecule has 0 bridgehead atoms. The van der Waals surface area contributed by atoms with Gasteiger partial charge >= 0.3 is 0 Å². The maximum atomic E-state index is 11.7. The fraction of sp³-hybridized carbons (Fsp3) is 0.133. The Kier molecular flexibility index (Phi) is 4.15. The molecule has 18 heavy (non-hydrogen) atoms. The van der Waals surface area contributed by atoms with Gasteiger partial charge in [-0.3, -0.25) is 4.79 Å². The smallest absolute Gasteiger partial charge is 0.224 e. The molecule has 92 valence electrons. The van der Waals surface area contributed by atoms with Gasteiger partial charge < -0.3 is 5.32 Å². The third-order valence-electron chi connectivity index (χ3n) is 2.66. The van der Waals surface area contributed by atoms with Crippen LogP contribution >= 0.6 is 15.9 Å². The van der Waals surface area contributed by atoms with Gasteiger partial charge in [-0.2, -0.15) is 0 Å². The molecule has 0 unspecified atom stereocenters. The quantitative estimate of drug-likeness (QED) is 0.921. The zero-order valence-corrected chi connectivity index (χ0v) is 11.5. The van der Waals surface area contributed by atoms with Gasteiger partial charge in [0.15, 0.2) is 0 Å². The normalized spacial score (nSPS) is 10.3. The molecule has 0 atom stereocenters. The molecule has 2 nitrogen and oxygen atoms in total. The van der Waals surface area contributed by atoms with E-state index in [4.69, 9.17) is 0 Å². The van der Waals surface area contributed by atoms with Crippen LogP contribution in [0.2, 0.25) is 0 Å². The van der Waals surface area contributed by atoms with Crippen LogP contribution in [0.25, 0.3) is 10.8 Å². The van der Waals surface area contributed by atoms with Crippen LogP contribution in [0.4, 0.5) is 0 Å². The van der Waals surface area contributed by atoms with Crippen molar-refractivity contribution in [1.82, 2.24) is 5.32 Å². The van der Waals surface area contributed by atoms with E-state index in [0.29, 0.717) is 13.0 Å². The van der Waals surface area contributed by atoms with E-state index >= 15 is 0 Å². The van der Waals surface area contributed by atoms with E-state index in [9.17, 15) is 4.79 Å². The Morgan fingerprint density at radius 1 is 1.17 bits per heavy atom. The van der Waals surface area contributed by atoms with Gasteiger partial charge in [0.05, 0.1) is 6.42 Å². The van der Waals surface area contributed by atoms with Gasteiger partial charge in [-0.1, -0.05) is 65.0 Å². The Bertz CT molecular complexity index is 592. The predicted molar refractivity (Wildman–Crippen MR) is 78.7 cm³/mol. The lowest BCUT2D eigenvalue weighted by Crippen LogP contribution is -2.25. The molecule has 1 N–H and O–H groups in total. The molecule has 2 aromatic carbocycles. The SMILES string of the molecule is C=C(Br)CNC(=O)Cc1ccc2ccccc2c1. The maximum Gasteiger partial charge on any atom is 0.224 e. The number of hydrogen-bond donors (Lipinski definition) is 1. The molecule has 0 fully saturated rings. The highest BCUT2D eigenvalue weighted by molar-refractivity contribution is 9.11. The van der Waals surface area contributed by atoms with Crippen LogP contribution in [0.15, 0.2) is 53.5 Å². The fourth-order valence-corrected chi connectivity index (χ4v) is 1.93. The largest absolute Gasteiger partial charge is 0.351 e. The van der Waals surface area contributed by atoms with Crippen LogP contribution in [-0.4, -0.2) is 12.5 Å². The van der Waals surface area contributed by atoms with E-state index in [1.54, 1.807) is 0 Å². The number of carbonyl (C=O) groups is 1. The molecule has 0 aromatic heterocycles. The summed E-state index contributed by atoms with van der Waals surface area (Å²) < 4.78 is 0.773. The summed E-state index contributed by atoms with van der Waals surface area (Å²) in [5, 5.41) is 5.14. The number of benzene rings is 2. The molecule has 1 amide bonds. The van der Waals surface area contributed by atoms with E-state index in [1.807, 2.05) is 24.3 Å². The first kappa shape index (κ1) is 12.8. The summed E-state index contributed by atoms with van der Waals surface area (Å²) in [5.74, 6) is 0.00545. The van der Waals surface area contributed by atoms with Crippen molar-refractivity contribution < 1.29 is 4.79 Å². The molecule has 0 aliphatic heterocycles. The van der Waals surface area contributed by atoms with Crippen molar-refractivity contribution in [1.29, 1.82) is 0 Å². The van der Waals surface area contributed by atoms with Crippen molar-refractivity contribution in [3.8, 4) is 0 Å².